The third kappa shape index (κ3) is 3.98. The molecule has 0 radical (unpaired) electrons. The summed E-state index contributed by atoms with van der Waals surface area (Å²) >= 11 is 5.85. The van der Waals surface area contributed by atoms with Crippen molar-refractivity contribution in [1.29, 1.82) is 0 Å². The maximum atomic E-state index is 11.9. The number of carbonyl (C=O) groups is 4. The van der Waals surface area contributed by atoms with Gasteiger partial charge in [-0.15, -0.1) is 0 Å². The summed E-state index contributed by atoms with van der Waals surface area (Å²) in [6.45, 7) is -0.130. The zero-order chi connectivity index (χ0) is 17.0. The highest BCUT2D eigenvalue weighted by atomic mass is 35.5. The second kappa shape index (κ2) is 7.10. The van der Waals surface area contributed by atoms with Crippen LogP contribution in [0.3, 0.4) is 0 Å². The molecule has 1 aromatic rings. The van der Waals surface area contributed by atoms with Crippen LogP contribution in [0, 0.1) is 0 Å². The second-order valence-electron chi connectivity index (χ2n) is 4.94. The van der Waals surface area contributed by atoms with Gasteiger partial charge in [-0.05, 0) is 24.1 Å². The summed E-state index contributed by atoms with van der Waals surface area (Å²) in [5.74, 6) is -1.08. The first-order chi connectivity index (χ1) is 10.9. The smallest absolute Gasteiger partial charge is 0.408 e. The number of hydrogen-bond donors (Lipinski definition) is 3. The van der Waals surface area contributed by atoms with E-state index in [1.54, 1.807) is 12.1 Å². The zero-order valence-electron chi connectivity index (χ0n) is 11.9. The molecular formula is C14H14ClN3O5. The summed E-state index contributed by atoms with van der Waals surface area (Å²) in [4.78, 5) is 46.2. The Kier molecular flexibility index (Phi) is 5.17. The Morgan fingerprint density at radius 3 is 2.83 bits per heavy atom. The van der Waals surface area contributed by atoms with Crippen LogP contribution in [-0.2, 0) is 20.9 Å². The van der Waals surface area contributed by atoms with Gasteiger partial charge in [-0.3, -0.25) is 24.6 Å². The van der Waals surface area contributed by atoms with Gasteiger partial charge in [0, 0.05) is 17.1 Å². The van der Waals surface area contributed by atoms with Crippen LogP contribution in [0.5, 0.6) is 0 Å². The first kappa shape index (κ1) is 16.8. The maximum absolute atomic E-state index is 11.9. The first-order valence-corrected chi connectivity index (χ1v) is 7.12. The number of rotatable bonds is 5. The minimum atomic E-state index is -1.30. The fraction of sp³-hybridized carbons (Fsp3) is 0.286. The molecule has 1 unspecified atom stereocenters. The van der Waals surface area contributed by atoms with E-state index in [4.69, 9.17) is 11.6 Å². The highest BCUT2D eigenvalue weighted by Gasteiger charge is 2.34. The highest BCUT2D eigenvalue weighted by Crippen LogP contribution is 2.24. The summed E-state index contributed by atoms with van der Waals surface area (Å²) in [5, 5.41) is 14.3. The molecule has 9 heteroatoms. The lowest BCUT2D eigenvalue weighted by atomic mass is 10.0. The number of hydrogen-bond acceptors (Lipinski definition) is 4. The largest absolute Gasteiger partial charge is 0.465 e. The number of imide groups is 1. The van der Waals surface area contributed by atoms with E-state index < -0.39 is 23.9 Å². The van der Waals surface area contributed by atoms with Crippen LogP contribution in [0.1, 0.15) is 18.4 Å². The van der Waals surface area contributed by atoms with Crippen LogP contribution < -0.4 is 10.6 Å². The van der Waals surface area contributed by atoms with Crippen molar-refractivity contribution < 1.29 is 24.3 Å². The summed E-state index contributed by atoms with van der Waals surface area (Å²) in [7, 11) is 0. The van der Waals surface area contributed by atoms with Crippen molar-refractivity contribution in [3.8, 4) is 0 Å². The number of piperidine rings is 1. The Morgan fingerprint density at radius 2 is 2.22 bits per heavy atom. The van der Waals surface area contributed by atoms with Crippen molar-refractivity contribution >= 4 is 41.6 Å². The predicted molar refractivity (Wildman–Crippen MR) is 80.9 cm³/mol. The Hall–Kier alpha value is -2.61. The number of amides is 4. The van der Waals surface area contributed by atoms with Gasteiger partial charge in [0.05, 0.1) is 6.54 Å². The van der Waals surface area contributed by atoms with Crippen LogP contribution in [0.4, 0.5) is 10.5 Å². The molecule has 3 N–H and O–H groups in total. The van der Waals surface area contributed by atoms with E-state index >= 15 is 0 Å². The predicted octanol–water partition coefficient (Wildman–Crippen LogP) is 1.19. The molecule has 0 aliphatic carbocycles. The molecule has 23 heavy (non-hydrogen) atoms. The second-order valence-corrected chi connectivity index (χ2v) is 5.38. The standard InChI is InChI=1S/C14H14ClN3O5/c15-9-2-1-8(10(5-9)16-7-19)6-18(14(22)23)11-3-4-12(20)17-13(11)21/h1-2,5,7,11H,3-4,6H2,(H,16,19)(H,22,23)(H,17,20,21). The molecule has 1 aliphatic rings. The van der Waals surface area contributed by atoms with Gasteiger partial charge in [0.2, 0.25) is 18.2 Å². The molecule has 1 atom stereocenters. The van der Waals surface area contributed by atoms with E-state index in [1.807, 2.05) is 0 Å². The van der Waals surface area contributed by atoms with Crippen molar-refractivity contribution in [3.05, 3.63) is 28.8 Å². The monoisotopic (exact) mass is 339 g/mol. The van der Waals surface area contributed by atoms with Crippen LogP contribution >= 0.6 is 11.6 Å². The molecule has 0 saturated carbocycles. The van der Waals surface area contributed by atoms with E-state index in [-0.39, 0.29) is 19.4 Å². The molecule has 1 fully saturated rings. The van der Waals surface area contributed by atoms with Crippen molar-refractivity contribution in [1.82, 2.24) is 10.2 Å². The Bertz CT molecular complexity index is 664. The molecule has 0 aromatic heterocycles. The SMILES string of the molecule is O=CNc1cc(Cl)ccc1CN(C(=O)O)C1CCC(=O)NC1=O. The molecule has 8 nitrogen and oxygen atoms in total. The number of benzene rings is 1. The molecule has 0 bridgehead atoms. The molecule has 1 aliphatic heterocycles. The van der Waals surface area contributed by atoms with Gasteiger partial charge >= 0.3 is 6.09 Å². The van der Waals surface area contributed by atoms with Crippen LogP contribution in [0.25, 0.3) is 0 Å². The molecule has 122 valence electrons. The summed E-state index contributed by atoms with van der Waals surface area (Å²) in [6, 6.07) is 3.63. The van der Waals surface area contributed by atoms with Gasteiger partial charge in [-0.25, -0.2) is 4.79 Å². The van der Waals surface area contributed by atoms with Crippen molar-refractivity contribution in [2.24, 2.45) is 0 Å². The number of nitrogens with one attached hydrogen (secondary N) is 2. The van der Waals surface area contributed by atoms with Gasteiger partial charge in [-0.1, -0.05) is 17.7 Å². The third-order valence-electron chi connectivity index (χ3n) is 3.46. The van der Waals surface area contributed by atoms with Crippen LogP contribution in [0.2, 0.25) is 5.02 Å². The summed E-state index contributed by atoms with van der Waals surface area (Å²) in [6.07, 6.45) is -0.667. The number of halogens is 1. The quantitative estimate of drug-likeness (QED) is 0.550. The van der Waals surface area contributed by atoms with E-state index in [0.29, 0.717) is 22.7 Å². The van der Waals surface area contributed by atoms with Crippen LogP contribution in [-0.4, -0.2) is 40.4 Å². The molecular weight excluding hydrogens is 326 g/mol. The average molecular weight is 340 g/mol. The van der Waals surface area contributed by atoms with Gasteiger partial charge in [0.25, 0.3) is 0 Å². The van der Waals surface area contributed by atoms with Gasteiger partial charge < -0.3 is 10.4 Å². The van der Waals surface area contributed by atoms with Crippen molar-refractivity contribution in [3.63, 3.8) is 0 Å². The van der Waals surface area contributed by atoms with Gasteiger partial charge in [-0.2, -0.15) is 0 Å². The molecule has 2 rings (SSSR count). The number of anilines is 1. The lowest BCUT2D eigenvalue weighted by molar-refractivity contribution is -0.137. The van der Waals surface area contributed by atoms with E-state index in [9.17, 15) is 24.3 Å². The topological polar surface area (TPSA) is 116 Å². The van der Waals surface area contributed by atoms with Crippen LogP contribution in [0.15, 0.2) is 18.2 Å². The Morgan fingerprint density at radius 1 is 1.48 bits per heavy atom. The lowest BCUT2D eigenvalue weighted by Gasteiger charge is -2.31. The summed E-state index contributed by atoms with van der Waals surface area (Å²) in [5.41, 5.74) is 0.833. The van der Waals surface area contributed by atoms with Crippen molar-refractivity contribution in [2.45, 2.75) is 25.4 Å². The lowest BCUT2D eigenvalue weighted by Crippen LogP contribution is -2.53. The molecule has 1 saturated heterocycles. The Balaban J connectivity index is 2.26. The van der Waals surface area contributed by atoms with Gasteiger partial charge in [0.1, 0.15) is 6.04 Å². The molecule has 4 amide bonds. The molecule has 1 heterocycles. The summed E-state index contributed by atoms with van der Waals surface area (Å²) < 4.78 is 0. The number of nitrogens with zero attached hydrogens (tertiary/aromatic N) is 1. The number of carbonyl (C=O) groups excluding carboxylic acids is 3. The number of carboxylic acid groups (broad SMARTS) is 1. The first-order valence-electron chi connectivity index (χ1n) is 6.74. The molecule has 0 spiro atoms. The fourth-order valence-corrected chi connectivity index (χ4v) is 2.53. The third-order valence-corrected chi connectivity index (χ3v) is 3.69. The normalized spacial score (nSPS) is 17.3. The highest BCUT2D eigenvalue weighted by molar-refractivity contribution is 6.30. The minimum Gasteiger partial charge on any atom is -0.465 e. The van der Waals surface area contributed by atoms with Gasteiger partial charge in [0.15, 0.2) is 0 Å². The van der Waals surface area contributed by atoms with Crippen molar-refractivity contribution in [2.75, 3.05) is 5.32 Å². The fourth-order valence-electron chi connectivity index (χ4n) is 2.36. The average Bonchev–Trinajstić information content (AvgIpc) is 2.47. The minimum absolute atomic E-state index is 0.0697. The zero-order valence-corrected chi connectivity index (χ0v) is 12.7. The molecule has 1 aromatic carbocycles. The van der Waals surface area contributed by atoms with E-state index in [0.717, 1.165) is 4.90 Å². The van der Waals surface area contributed by atoms with E-state index in [1.165, 1.54) is 6.07 Å². The van der Waals surface area contributed by atoms with E-state index in [2.05, 4.69) is 10.6 Å². The Labute approximate surface area is 136 Å². The maximum Gasteiger partial charge on any atom is 0.408 e.